The van der Waals surface area contributed by atoms with Crippen LogP contribution in [0.25, 0.3) is 10.1 Å². The molecule has 0 aliphatic rings. The van der Waals surface area contributed by atoms with Gasteiger partial charge in [0, 0.05) is 10.3 Å². The number of rotatable bonds is 1. The summed E-state index contributed by atoms with van der Waals surface area (Å²) in [6, 6.07) is 3.09. The van der Waals surface area contributed by atoms with Gasteiger partial charge in [0.2, 0.25) is 0 Å². The molecule has 0 N–H and O–H groups in total. The van der Waals surface area contributed by atoms with Gasteiger partial charge in [-0.15, -0.1) is 11.3 Å². The number of halogens is 3. The molecule has 0 amide bonds. The summed E-state index contributed by atoms with van der Waals surface area (Å²) < 4.78 is 25.8. The summed E-state index contributed by atoms with van der Waals surface area (Å²) in [5.41, 5.74) is 0.994. The molecular weight excluding hydrogens is 226 g/mol. The van der Waals surface area contributed by atoms with Gasteiger partial charge in [0.15, 0.2) is 0 Å². The summed E-state index contributed by atoms with van der Waals surface area (Å²) in [7, 11) is 0. The van der Waals surface area contributed by atoms with Gasteiger partial charge < -0.3 is 0 Å². The van der Waals surface area contributed by atoms with Crippen LogP contribution in [0.4, 0.5) is 8.78 Å². The van der Waals surface area contributed by atoms with Crippen molar-refractivity contribution >= 4 is 33.0 Å². The van der Waals surface area contributed by atoms with E-state index in [1.54, 1.807) is 6.07 Å². The van der Waals surface area contributed by atoms with Crippen LogP contribution in [0.15, 0.2) is 17.5 Å². The Labute approximate surface area is 89.1 Å². The average Bonchev–Trinajstić information content (AvgIpc) is 2.46. The number of thiophene rings is 1. The van der Waals surface area contributed by atoms with E-state index in [1.165, 1.54) is 17.4 Å². The zero-order valence-corrected chi connectivity index (χ0v) is 8.92. The minimum atomic E-state index is -2.51. The molecule has 74 valence electrons. The third-order valence-electron chi connectivity index (χ3n) is 2.12. The van der Waals surface area contributed by atoms with Crippen LogP contribution in [-0.2, 0) is 0 Å². The molecule has 2 rings (SSSR count). The number of benzene rings is 1. The molecule has 1 heterocycles. The summed E-state index contributed by atoms with van der Waals surface area (Å²) in [6.07, 6.45) is -2.51. The minimum absolute atomic E-state index is 0.0824. The number of hydrogen-bond donors (Lipinski definition) is 0. The van der Waals surface area contributed by atoms with Gasteiger partial charge in [0.1, 0.15) is 0 Å². The third kappa shape index (κ3) is 1.51. The first-order valence-electron chi connectivity index (χ1n) is 4.05. The largest absolute Gasteiger partial charge is 0.265 e. The quantitative estimate of drug-likeness (QED) is 0.663. The fraction of sp³-hybridized carbons (Fsp3) is 0.200. The van der Waals surface area contributed by atoms with Gasteiger partial charge in [-0.05, 0) is 35.4 Å². The number of alkyl halides is 2. The van der Waals surface area contributed by atoms with Crippen LogP contribution >= 0.6 is 22.9 Å². The van der Waals surface area contributed by atoms with Crippen molar-refractivity contribution in [1.29, 1.82) is 0 Å². The number of aryl methyl sites for hydroxylation is 1. The molecule has 4 heteroatoms. The van der Waals surface area contributed by atoms with Crippen LogP contribution in [0, 0.1) is 6.92 Å². The maximum Gasteiger partial charge on any atom is 0.265 e. The lowest BCUT2D eigenvalue weighted by molar-refractivity contribution is 0.151. The third-order valence-corrected chi connectivity index (χ3v) is 3.51. The molecule has 0 unspecified atom stereocenters. The van der Waals surface area contributed by atoms with E-state index >= 15 is 0 Å². The second-order valence-corrected chi connectivity index (χ2v) is 4.41. The van der Waals surface area contributed by atoms with E-state index in [0.717, 1.165) is 15.6 Å². The summed E-state index contributed by atoms with van der Waals surface area (Å²) in [6.45, 7) is 1.94. The molecule has 0 fully saturated rings. The fourth-order valence-electron chi connectivity index (χ4n) is 1.36. The first-order chi connectivity index (χ1) is 6.59. The highest BCUT2D eigenvalue weighted by atomic mass is 35.5. The first-order valence-corrected chi connectivity index (χ1v) is 5.30. The van der Waals surface area contributed by atoms with Gasteiger partial charge in [0.05, 0.1) is 5.02 Å². The summed E-state index contributed by atoms with van der Waals surface area (Å²) in [5, 5.41) is 3.05. The Kier molecular flexibility index (Phi) is 2.45. The smallest absolute Gasteiger partial charge is 0.205 e. The Bertz CT molecular complexity index is 476. The summed E-state index contributed by atoms with van der Waals surface area (Å²) >= 11 is 7.21. The summed E-state index contributed by atoms with van der Waals surface area (Å²) in [4.78, 5) is 0. The second kappa shape index (κ2) is 3.48. The Morgan fingerprint density at radius 2 is 2.07 bits per heavy atom. The van der Waals surface area contributed by atoms with Crippen molar-refractivity contribution in [2.45, 2.75) is 13.3 Å². The zero-order chi connectivity index (χ0) is 10.3. The molecule has 0 atom stereocenters. The van der Waals surface area contributed by atoms with E-state index in [2.05, 4.69) is 0 Å². The van der Waals surface area contributed by atoms with Gasteiger partial charge in [-0.3, -0.25) is 0 Å². The molecule has 0 saturated carbocycles. The average molecular weight is 233 g/mol. The molecule has 0 nitrogen and oxygen atoms in total. The van der Waals surface area contributed by atoms with Crippen molar-refractivity contribution in [2.75, 3.05) is 0 Å². The minimum Gasteiger partial charge on any atom is -0.205 e. The van der Waals surface area contributed by atoms with Gasteiger partial charge in [0.25, 0.3) is 6.43 Å². The Hall–Kier alpha value is -0.670. The molecule has 2 aromatic rings. The molecule has 0 radical (unpaired) electrons. The van der Waals surface area contributed by atoms with Gasteiger partial charge in [-0.2, -0.15) is 0 Å². The highest BCUT2D eigenvalue weighted by molar-refractivity contribution is 7.17. The highest BCUT2D eigenvalue weighted by Crippen LogP contribution is 2.35. The lowest BCUT2D eigenvalue weighted by Crippen LogP contribution is -1.85. The molecule has 0 saturated heterocycles. The van der Waals surface area contributed by atoms with Crippen LogP contribution in [0.5, 0.6) is 0 Å². The normalized spacial score (nSPS) is 11.5. The van der Waals surface area contributed by atoms with Crippen molar-refractivity contribution in [3.63, 3.8) is 0 Å². The Morgan fingerprint density at radius 3 is 2.71 bits per heavy atom. The topological polar surface area (TPSA) is 0 Å². The number of fused-ring (bicyclic) bond motifs is 1. The van der Waals surface area contributed by atoms with Crippen molar-refractivity contribution in [3.8, 4) is 0 Å². The maximum absolute atomic E-state index is 12.5. The molecular formula is C10H7ClF2S. The SMILES string of the molecule is Cc1csc2cc(C(F)F)c(Cl)cc12. The van der Waals surface area contributed by atoms with E-state index < -0.39 is 6.43 Å². The molecule has 1 aromatic carbocycles. The summed E-state index contributed by atoms with van der Waals surface area (Å²) in [5.74, 6) is 0. The van der Waals surface area contributed by atoms with E-state index in [9.17, 15) is 8.78 Å². The standard InChI is InChI=1S/C10H7ClF2S/c1-5-4-14-9-3-7(10(12)13)8(11)2-6(5)9/h2-4,10H,1H3. The van der Waals surface area contributed by atoms with Crippen molar-refractivity contribution in [1.82, 2.24) is 0 Å². The van der Waals surface area contributed by atoms with Gasteiger partial charge >= 0.3 is 0 Å². The molecule has 0 spiro atoms. The van der Waals surface area contributed by atoms with Crippen LogP contribution in [-0.4, -0.2) is 0 Å². The Morgan fingerprint density at radius 1 is 1.36 bits per heavy atom. The maximum atomic E-state index is 12.5. The zero-order valence-electron chi connectivity index (χ0n) is 7.35. The van der Waals surface area contributed by atoms with Crippen molar-refractivity contribution in [2.24, 2.45) is 0 Å². The van der Waals surface area contributed by atoms with E-state index in [-0.39, 0.29) is 10.6 Å². The Balaban J connectivity index is 2.72. The van der Waals surface area contributed by atoms with Crippen LogP contribution in [0.1, 0.15) is 17.6 Å². The first kappa shape index (κ1) is 9.87. The fourth-order valence-corrected chi connectivity index (χ4v) is 2.58. The molecule has 0 aliphatic carbocycles. The molecule has 1 aromatic heterocycles. The van der Waals surface area contributed by atoms with Crippen molar-refractivity contribution < 1.29 is 8.78 Å². The number of hydrogen-bond acceptors (Lipinski definition) is 1. The van der Waals surface area contributed by atoms with E-state index in [0.29, 0.717) is 0 Å². The second-order valence-electron chi connectivity index (χ2n) is 3.09. The van der Waals surface area contributed by atoms with Gasteiger partial charge in [-0.1, -0.05) is 11.6 Å². The van der Waals surface area contributed by atoms with Crippen LogP contribution in [0.3, 0.4) is 0 Å². The highest BCUT2D eigenvalue weighted by Gasteiger charge is 2.14. The molecule has 0 aliphatic heterocycles. The predicted octanol–water partition coefficient (Wildman–Crippen LogP) is 4.80. The lowest BCUT2D eigenvalue weighted by Gasteiger charge is -2.03. The van der Waals surface area contributed by atoms with Gasteiger partial charge in [-0.25, -0.2) is 8.78 Å². The van der Waals surface area contributed by atoms with E-state index in [4.69, 9.17) is 11.6 Å². The monoisotopic (exact) mass is 232 g/mol. The lowest BCUT2D eigenvalue weighted by atomic mass is 10.1. The van der Waals surface area contributed by atoms with Crippen LogP contribution < -0.4 is 0 Å². The van der Waals surface area contributed by atoms with Crippen molar-refractivity contribution in [3.05, 3.63) is 33.7 Å². The van der Waals surface area contributed by atoms with Crippen LogP contribution in [0.2, 0.25) is 5.02 Å². The van der Waals surface area contributed by atoms with E-state index in [1.807, 2.05) is 12.3 Å². The molecule has 0 bridgehead atoms. The predicted molar refractivity (Wildman–Crippen MR) is 56.5 cm³/mol. The molecule has 14 heavy (non-hydrogen) atoms.